The van der Waals surface area contributed by atoms with Crippen molar-refractivity contribution in [2.45, 2.75) is 0 Å². The van der Waals surface area contributed by atoms with Crippen molar-refractivity contribution in [3.05, 3.63) is 188 Å². The van der Waals surface area contributed by atoms with Crippen LogP contribution in [0.1, 0.15) is 0 Å². The third kappa shape index (κ3) is 5.38. The number of nitrogens with zero attached hydrogens (tertiary/aromatic N) is 3. The summed E-state index contributed by atoms with van der Waals surface area (Å²) in [5, 5.41) is 9.72. The predicted octanol–water partition coefficient (Wildman–Crippen LogP) is 14.0. The summed E-state index contributed by atoms with van der Waals surface area (Å²) in [6, 6.07) is 66.9. The lowest BCUT2D eigenvalue weighted by Gasteiger charge is -2.16. The van der Waals surface area contributed by atoms with Gasteiger partial charge in [-0.1, -0.05) is 158 Å². The molecular weight excluding hydrogens is 687 g/mol. The molecule has 0 unspecified atom stereocenters. The van der Waals surface area contributed by atoms with Crippen LogP contribution in [-0.2, 0) is 0 Å². The van der Waals surface area contributed by atoms with Crippen LogP contribution in [0.15, 0.2) is 188 Å². The van der Waals surface area contributed by atoms with Gasteiger partial charge in [0.15, 0.2) is 17.5 Å². The molecule has 0 aliphatic rings. The van der Waals surface area contributed by atoms with E-state index in [1.54, 1.807) is 0 Å². The molecule has 0 saturated carbocycles. The highest BCUT2D eigenvalue weighted by Gasteiger charge is 2.19. The fourth-order valence-electron chi connectivity index (χ4n) is 8.09. The van der Waals surface area contributed by atoms with E-state index in [1.165, 1.54) is 58.2 Å². The van der Waals surface area contributed by atoms with Crippen molar-refractivity contribution in [2.75, 3.05) is 0 Å². The standard InChI is InChI=1S/C51H31N3S/c1-3-13-32(14-4-1)34-17-11-18-37(29-34)50-52-49(33-15-5-2-6-16-33)53-51(54-50)43-23-12-22-42-39-20-8-7-19-38(39)40-27-25-35(31-45(40)48(42)43)36-26-28-47-44(30-36)41-21-9-10-24-46(41)55-47/h1-31H. The van der Waals surface area contributed by atoms with Gasteiger partial charge in [0.1, 0.15) is 0 Å². The molecule has 11 aromatic rings. The molecule has 55 heavy (non-hydrogen) atoms. The van der Waals surface area contributed by atoms with Crippen LogP contribution in [0.4, 0.5) is 0 Å². The average Bonchev–Trinajstić information content (AvgIpc) is 3.64. The van der Waals surface area contributed by atoms with Crippen molar-refractivity contribution in [2.24, 2.45) is 0 Å². The molecule has 0 radical (unpaired) electrons. The summed E-state index contributed by atoms with van der Waals surface area (Å²) >= 11 is 1.85. The molecule has 0 spiro atoms. The predicted molar refractivity (Wildman–Crippen MR) is 232 cm³/mol. The van der Waals surface area contributed by atoms with Crippen LogP contribution in [0.3, 0.4) is 0 Å². The molecule has 2 aromatic heterocycles. The van der Waals surface area contributed by atoms with Crippen LogP contribution >= 0.6 is 11.3 Å². The second-order valence-corrected chi connectivity index (χ2v) is 15.0. The Morgan fingerprint density at radius 1 is 0.273 bits per heavy atom. The van der Waals surface area contributed by atoms with Crippen LogP contribution in [0.5, 0.6) is 0 Å². The van der Waals surface area contributed by atoms with Gasteiger partial charge < -0.3 is 0 Å². The molecule has 256 valence electrons. The second kappa shape index (κ2) is 12.8. The molecule has 0 atom stereocenters. The minimum atomic E-state index is 0.640. The maximum atomic E-state index is 5.29. The maximum absolute atomic E-state index is 5.29. The molecule has 0 saturated heterocycles. The van der Waals surface area contributed by atoms with Crippen LogP contribution in [-0.4, -0.2) is 15.0 Å². The van der Waals surface area contributed by atoms with Crippen molar-refractivity contribution in [3.63, 3.8) is 0 Å². The Morgan fingerprint density at radius 3 is 1.58 bits per heavy atom. The smallest absolute Gasteiger partial charge is 0.164 e. The lowest BCUT2D eigenvalue weighted by Crippen LogP contribution is -2.01. The number of rotatable bonds is 5. The minimum absolute atomic E-state index is 0.640. The summed E-state index contributed by atoms with van der Waals surface area (Å²) in [5.41, 5.74) is 7.50. The Labute approximate surface area is 321 Å². The van der Waals surface area contributed by atoms with Gasteiger partial charge in [0.2, 0.25) is 0 Å². The zero-order valence-corrected chi connectivity index (χ0v) is 30.5. The SMILES string of the molecule is c1ccc(-c2cccc(-c3nc(-c4ccccc4)nc(-c4cccc5c6ccccc6c6ccc(-c7ccc8sc9ccccc9c8c7)cc6c45)n3)c2)cc1. The quantitative estimate of drug-likeness (QED) is 0.166. The van der Waals surface area contributed by atoms with Gasteiger partial charge in [-0.15, -0.1) is 11.3 Å². The molecule has 0 aliphatic heterocycles. The highest BCUT2D eigenvalue weighted by atomic mass is 32.1. The van der Waals surface area contributed by atoms with Gasteiger partial charge in [0.25, 0.3) is 0 Å². The van der Waals surface area contributed by atoms with Crippen molar-refractivity contribution in [3.8, 4) is 56.4 Å². The lowest BCUT2D eigenvalue weighted by molar-refractivity contribution is 1.08. The van der Waals surface area contributed by atoms with Crippen LogP contribution in [0, 0.1) is 0 Å². The van der Waals surface area contributed by atoms with Gasteiger partial charge in [0, 0.05) is 42.2 Å². The molecule has 9 aromatic carbocycles. The Morgan fingerprint density at radius 2 is 0.782 bits per heavy atom. The number of hydrogen-bond acceptors (Lipinski definition) is 4. The summed E-state index contributed by atoms with van der Waals surface area (Å²) in [4.78, 5) is 15.6. The summed E-state index contributed by atoms with van der Waals surface area (Å²) in [7, 11) is 0. The first-order chi connectivity index (χ1) is 27.2. The number of benzene rings is 9. The van der Waals surface area contributed by atoms with Crippen molar-refractivity contribution < 1.29 is 0 Å². The molecule has 2 heterocycles. The van der Waals surface area contributed by atoms with Gasteiger partial charge in [0.05, 0.1) is 0 Å². The van der Waals surface area contributed by atoms with E-state index in [2.05, 4.69) is 164 Å². The molecule has 3 nitrogen and oxygen atoms in total. The van der Waals surface area contributed by atoms with E-state index in [4.69, 9.17) is 15.0 Å². The molecule has 0 aliphatic carbocycles. The molecular formula is C51H31N3S. The summed E-state index contributed by atoms with van der Waals surface area (Å²) < 4.78 is 2.62. The van der Waals surface area contributed by atoms with E-state index in [0.29, 0.717) is 17.5 Å². The number of fused-ring (bicyclic) bond motifs is 9. The minimum Gasteiger partial charge on any atom is -0.208 e. The van der Waals surface area contributed by atoms with E-state index in [9.17, 15) is 0 Å². The number of thiophene rings is 1. The van der Waals surface area contributed by atoms with Crippen molar-refractivity contribution in [1.29, 1.82) is 0 Å². The van der Waals surface area contributed by atoms with Crippen LogP contribution in [0.25, 0.3) is 109 Å². The Balaban J connectivity index is 1.17. The maximum Gasteiger partial charge on any atom is 0.164 e. The monoisotopic (exact) mass is 717 g/mol. The van der Waals surface area contributed by atoms with Gasteiger partial charge in [-0.05, 0) is 79.5 Å². The highest BCUT2D eigenvalue weighted by molar-refractivity contribution is 7.25. The Hall–Kier alpha value is -7.01. The zero-order chi connectivity index (χ0) is 36.3. The number of hydrogen-bond donors (Lipinski definition) is 0. The topological polar surface area (TPSA) is 38.7 Å². The third-order valence-corrected chi connectivity index (χ3v) is 11.9. The van der Waals surface area contributed by atoms with Crippen molar-refractivity contribution >= 4 is 63.8 Å². The Bertz CT molecular complexity index is 3260. The van der Waals surface area contributed by atoms with E-state index in [1.807, 2.05) is 35.6 Å². The first-order valence-electron chi connectivity index (χ1n) is 18.5. The van der Waals surface area contributed by atoms with E-state index in [0.717, 1.165) is 33.2 Å². The number of aromatic nitrogens is 3. The van der Waals surface area contributed by atoms with Gasteiger partial charge in [-0.3, -0.25) is 0 Å². The summed E-state index contributed by atoms with van der Waals surface area (Å²) in [6.45, 7) is 0. The third-order valence-electron chi connectivity index (χ3n) is 10.7. The fourth-order valence-corrected chi connectivity index (χ4v) is 9.17. The average molecular weight is 718 g/mol. The first-order valence-corrected chi connectivity index (χ1v) is 19.3. The van der Waals surface area contributed by atoms with E-state index >= 15 is 0 Å². The molecule has 0 bridgehead atoms. The van der Waals surface area contributed by atoms with Gasteiger partial charge in [-0.25, -0.2) is 15.0 Å². The van der Waals surface area contributed by atoms with Crippen LogP contribution < -0.4 is 0 Å². The lowest BCUT2D eigenvalue weighted by atomic mass is 9.89. The summed E-state index contributed by atoms with van der Waals surface area (Å²) in [6.07, 6.45) is 0. The first kappa shape index (κ1) is 31.5. The Kier molecular flexibility index (Phi) is 7.35. The van der Waals surface area contributed by atoms with E-state index in [-0.39, 0.29) is 0 Å². The molecule has 11 rings (SSSR count). The van der Waals surface area contributed by atoms with Crippen molar-refractivity contribution in [1.82, 2.24) is 15.0 Å². The molecule has 0 amide bonds. The highest BCUT2D eigenvalue weighted by Crippen LogP contribution is 2.43. The van der Waals surface area contributed by atoms with E-state index < -0.39 is 0 Å². The zero-order valence-electron chi connectivity index (χ0n) is 29.6. The normalized spacial score (nSPS) is 11.6. The molecule has 4 heteroatoms. The van der Waals surface area contributed by atoms with Crippen LogP contribution in [0.2, 0.25) is 0 Å². The largest absolute Gasteiger partial charge is 0.208 e. The second-order valence-electron chi connectivity index (χ2n) is 14.0. The fraction of sp³-hybridized carbons (Fsp3) is 0. The van der Waals surface area contributed by atoms with Gasteiger partial charge in [-0.2, -0.15) is 0 Å². The molecule has 0 fully saturated rings. The van der Waals surface area contributed by atoms with Gasteiger partial charge >= 0.3 is 0 Å². The molecule has 0 N–H and O–H groups in total. The summed E-state index contributed by atoms with van der Waals surface area (Å²) in [5.74, 6) is 1.93.